The summed E-state index contributed by atoms with van der Waals surface area (Å²) in [7, 11) is -4.47. The molecule has 39 heavy (non-hydrogen) atoms. The van der Waals surface area contributed by atoms with Crippen molar-refractivity contribution in [1.29, 1.82) is 5.26 Å². The molecule has 2 aromatic rings. The van der Waals surface area contributed by atoms with Gasteiger partial charge in [0.25, 0.3) is 11.5 Å². The van der Waals surface area contributed by atoms with Crippen molar-refractivity contribution >= 4 is 13.7 Å². The molecular weight excluding hydrogens is 535 g/mol. The lowest BCUT2D eigenvalue weighted by atomic mass is 9.82. The van der Waals surface area contributed by atoms with E-state index in [0.29, 0.717) is 17.4 Å². The SMILES string of the molecule is CCCCN(C(C)C(=O)O)[P@@](=O)(OC[C@H]1O[C@@](O)(n2ccc(=O)[nH]c2=O)[C@](C)(C#N)[C@@H]1O)Oc1ccccc1. The van der Waals surface area contributed by atoms with Gasteiger partial charge in [-0.05, 0) is 32.4 Å². The maximum atomic E-state index is 14.2. The highest BCUT2D eigenvalue weighted by Gasteiger charge is 2.65. The van der Waals surface area contributed by atoms with Gasteiger partial charge in [-0.3, -0.25) is 19.1 Å². The maximum absolute atomic E-state index is 14.2. The zero-order chi connectivity index (χ0) is 29.0. The number of unbranched alkanes of at least 4 members (excludes halogenated alkanes) is 1. The van der Waals surface area contributed by atoms with Crippen LogP contribution in [0.4, 0.5) is 0 Å². The minimum atomic E-state index is -4.47. The molecule has 1 aliphatic rings. The number of aliphatic hydroxyl groups excluding tert-OH is 1. The van der Waals surface area contributed by atoms with E-state index in [-0.39, 0.29) is 12.3 Å². The number of nitriles is 1. The molecule has 4 N–H and O–H groups in total. The lowest BCUT2D eigenvalue weighted by molar-refractivity contribution is -0.291. The monoisotopic (exact) mass is 566 g/mol. The third-order valence-corrected chi connectivity index (χ3v) is 8.64. The van der Waals surface area contributed by atoms with Gasteiger partial charge in [0.1, 0.15) is 24.0 Å². The molecule has 0 saturated carbocycles. The maximum Gasteiger partial charge on any atom is 0.462 e. The second kappa shape index (κ2) is 11.8. The van der Waals surface area contributed by atoms with Gasteiger partial charge in [0.05, 0.1) is 12.7 Å². The van der Waals surface area contributed by atoms with Crippen LogP contribution in [0.5, 0.6) is 5.75 Å². The third-order valence-electron chi connectivity index (χ3n) is 6.54. The summed E-state index contributed by atoms with van der Waals surface area (Å²) in [4.78, 5) is 37.7. The Kier molecular flexibility index (Phi) is 9.17. The molecule has 1 unspecified atom stereocenters. The Hall–Kier alpha value is -3.31. The van der Waals surface area contributed by atoms with Gasteiger partial charge in [0.15, 0.2) is 5.41 Å². The average Bonchev–Trinajstić information content (AvgIpc) is 3.09. The number of rotatable bonds is 12. The molecule has 6 atom stereocenters. The Morgan fingerprint density at radius 3 is 2.56 bits per heavy atom. The second-order valence-corrected chi connectivity index (χ2v) is 11.1. The summed E-state index contributed by atoms with van der Waals surface area (Å²) in [6.45, 7) is 3.60. The topological polar surface area (TPSA) is 204 Å². The van der Waals surface area contributed by atoms with E-state index in [1.807, 2.05) is 11.9 Å². The van der Waals surface area contributed by atoms with Crippen molar-refractivity contribution in [2.24, 2.45) is 5.41 Å². The number of carboxylic acid groups (broad SMARTS) is 1. The molecule has 2 heterocycles. The van der Waals surface area contributed by atoms with E-state index in [9.17, 15) is 39.5 Å². The summed E-state index contributed by atoms with van der Waals surface area (Å²) in [5.74, 6) is -3.93. The fraction of sp³-hybridized carbons (Fsp3) is 0.500. The third kappa shape index (κ3) is 5.84. The van der Waals surface area contributed by atoms with Gasteiger partial charge < -0.3 is 24.6 Å². The molecule has 14 nitrogen and oxygen atoms in total. The van der Waals surface area contributed by atoms with E-state index in [0.717, 1.165) is 23.9 Å². The van der Waals surface area contributed by atoms with E-state index in [2.05, 4.69) is 0 Å². The molecule has 3 rings (SSSR count). The lowest BCUT2D eigenvalue weighted by Gasteiger charge is -2.34. The summed E-state index contributed by atoms with van der Waals surface area (Å²) in [6.07, 6.45) is -1.35. The van der Waals surface area contributed by atoms with E-state index < -0.39 is 61.1 Å². The van der Waals surface area contributed by atoms with Crippen LogP contribution >= 0.6 is 7.75 Å². The van der Waals surface area contributed by atoms with Crippen LogP contribution in [-0.4, -0.2) is 66.9 Å². The Labute approximate surface area is 223 Å². The lowest BCUT2D eigenvalue weighted by Crippen LogP contribution is -2.53. The first-order valence-electron chi connectivity index (χ1n) is 12.1. The molecule has 0 aliphatic carbocycles. The van der Waals surface area contributed by atoms with Gasteiger partial charge in [-0.1, -0.05) is 31.5 Å². The standard InChI is InChI=1S/C24H31N4O10P/c1-4-5-12-28(16(2)21(31)32)39(35,38-17-9-7-6-8-10-17)36-14-18-20(30)23(3,15-25)24(34,37-18)27-13-11-19(29)26-22(27)33/h6-11,13,16,18,20,30,34H,4-5,12,14H2,1-3H3,(H,31,32)(H,26,29,33)/t16?,18-,20-,23-,24-,39-/m1/s1. The number of benzene rings is 1. The highest BCUT2D eigenvalue weighted by atomic mass is 31.2. The molecule has 1 aliphatic heterocycles. The summed E-state index contributed by atoms with van der Waals surface area (Å²) in [5, 5.41) is 41.9. The van der Waals surface area contributed by atoms with E-state index in [4.69, 9.17) is 13.8 Å². The molecule has 212 valence electrons. The van der Waals surface area contributed by atoms with Gasteiger partial charge in [-0.25, -0.2) is 13.9 Å². The molecule has 15 heteroatoms. The van der Waals surface area contributed by atoms with Crippen molar-refractivity contribution in [3.63, 3.8) is 0 Å². The van der Waals surface area contributed by atoms with Crippen molar-refractivity contribution in [1.82, 2.24) is 14.2 Å². The minimum absolute atomic E-state index is 0.0226. The summed E-state index contributed by atoms with van der Waals surface area (Å²) < 4.78 is 32.8. The summed E-state index contributed by atoms with van der Waals surface area (Å²) >= 11 is 0. The fourth-order valence-corrected chi connectivity index (χ4v) is 6.04. The van der Waals surface area contributed by atoms with Gasteiger partial charge in [-0.2, -0.15) is 9.93 Å². The number of aliphatic hydroxyl groups is 2. The number of aliphatic carboxylic acids is 1. The number of H-pyrrole nitrogens is 1. The molecule has 0 radical (unpaired) electrons. The normalized spacial score (nSPS) is 27.0. The van der Waals surface area contributed by atoms with Crippen molar-refractivity contribution in [3.05, 3.63) is 63.4 Å². The quantitative estimate of drug-likeness (QED) is 0.268. The highest BCUT2D eigenvalue weighted by Crippen LogP contribution is 2.55. The first-order chi connectivity index (χ1) is 18.3. The number of para-hydroxylation sites is 1. The Morgan fingerprint density at radius 2 is 2.00 bits per heavy atom. The van der Waals surface area contributed by atoms with Crippen LogP contribution < -0.4 is 15.8 Å². The van der Waals surface area contributed by atoms with Crippen molar-refractivity contribution in [2.75, 3.05) is 13.2 Å². The molecule has 0 bridgehead atoms. The molecule has 0 spiro atoms. The first kappa shape index (κ1) is 30.2. The number of nitrogens with one attached hydrogen (secondary N) is 1. The molecule has 0 amide bonds. The van der Waals surface area contributed by atoms with Crippen LogP contribution in [0, 0.1) is 16.7 Å². The van der Waals surface area contributed by atoms with Crippen molar-refractivity contribution in [2.45, 2.75) is 57.8 Å². The number of hydrogen-bond donors (Lipinski definition) is 4. The molecular formula is C24H31N4O10P. The zero-order valence-electron chi connectivity index (χ0n) is 21.6. The van der Waals surface area contributed by atoms with E-state index in [1.165, 1.54) is 19.1 Å². The zero-order valence-corrected chi connectivity index (χ0v) is 22.5. The smallest absolute Gasteiger partial charge is 0.462 e. The van der Waals surface area contributed by atoms with Crippen molar-refractivity contribution < 1.29 is 38.5 Å². The molecule has 1 aromatic heterocycles. The number of carboxylic acids is 1. The van der Waals surface area contributed by atoms with Crippen LogP contribution in [0.25, 0.3) is 0 Å². The average molecular weight is 567 g/mol. The Morgan fingerprint density at radius 1 is 1.33 bits per heavy atom. The predicted molar refractivity (Wildman–Crippen MR) is 135 cm³/mol. The first-order valence-corrected chi connectivity index (χ1v) is 13.6. The van der Waals surface area contributed by atoms with E-state index >= 15 is 0 Å². The number of aromatic nitrogens is 2. The second-order valence-electron chi connectivity index (χ2n) is 9.20. The van der Waals surface area contributed by atoms with Crippen LogP contribution in [0.2, 0.25) is 0 Å². The minimum Gasteiger partial charge on any atom is -0.480 e. The molecule has 1 fully saturated rings. The highest BCUT2D eigenvalue weighted by molar-refractivity contribution is 7.51. The van der Waals surface area contributed by atoms with Crippen molar-refractivity contribution in [3.8, 4) is 11.8 Å². The number of nitrogens with zero attached hydrogens (tertiary/aromatic N) is 3. The fourth-order valence-electron chi connectivity index (χ4n) is 4.10. The van der Waals surface area contributed by atoms with Crippen LogP contribution in [0.15, 0.2) is 52.2 Å². The van der Waals surface area contributed by atoms with E-state index in [1.54, 1.807) is 24.3 Å². The Bertz CT molecular complexity index is 1380. The van der Waals surface area contributed by atoms with Gasteiger partial charge in [0, 0.05) is 18.8 Å². The predicted octanol–water partition coefficient (Wildman–Crippen LogP) is 1.21. The van der Waals surface area contributed by atoms with Crippen LogP contribution in [0.1, 0.15) is 33.6 Å². The van der Waals surface area contributed by atoms with Crippen LogP contribution in [-0.2, 0) is 24.5 Å². The molecule has 1 aromatic carbocycles. The Balaban J connectivity index is 1.99. The van der Waals surface area contributed by atoms with Gasteiger partial charge in [0.2, 0.25) is 0 Å². The van der Waals surface area contributed by atoms with Crippen LogP contribution in [0.3, 0.4) is 0 Å². The van der Waals surface area contributed by atoms with Gasteiger partial charge >= 0.3 is 19.4 Å². The number of ether oxygens (including phenoxy) is 1. The van der Waals surface area contributed by atoms with Gasteiger partial charge in [-0.15, -0.1) is 0 Å². The summed E-state index contributed by atoms with van der Waals surface area (Å²) in [6, 6.07) is 9.27. The largest absolute Gasteiger partial charge is 0.480 e. The number of carbonyl (C=O) groups is 1. The number of aromatic amines is 1. The molecule has 1 saturated heterocycles. The summed E-state index contributed by atoms with van der Waals surface area (Å²) in [5.41, 5.74) is -4.04. The number of hydrogen-bond acceptors (Lipinski definition) is 10.